The topological polar surface area (TPSA) is 105 Å². The number of hydrogen-bond donors (Lipinski definition) is 2. The summed E-state index contributed by atoms with van der Waals surface area (Å²) in [6, 6.07) is 13.8. The number of fused-ring (bicyclic) bond motifs is 3. The number of rotatable bonds is 3. The number of nitrogens with zero attached hydrogens (tertiary/aromatic N) is 3. The van der Waals surface area contributed by atoms with Crippen molar-refractivity contribution >= 4 is 57.3 Å². The van der Waals surface area contributed by atoms with E-state index in [1.54, 1.807) is 25.2 Å². The van der Waals surface area contributed by atoms with E-state index in [1.165, 1.54) is 0 Å². The predicted molar refractivity (Wildman–Crippen MR) is 116 cm³/mol. The van der Waals surface area contributed by atoms with Crippen LogP contribution in [-0.4, -0.2) is 33.4 Å². The van der Waals surface area contributed by atoms with Crippen molar-refractivity contribution in [3.63, 3.8) is 0 Å². The Morgan fingerprint density at radius 1 is 1.11 bits per heavy atom. The standard InChI is InChI=1S/C20H19N5O.ClH.H2O/c1-12-10-18(19-16(23-12)8-9-17-20(19)22-11-21-17)24-14-4-6-15(7-5-14)25(3)13(2)26;;/h4-11H,1-3H3,(H,21,22)(H,23,24);1H;1H2. The third-order valence-corrected chi connectivity index (χ3v) is 4.50. The van der Waals surface area contributed by atoms with E-state index >= 15 is 0 Å². The van der Waals surface area contributed by atoms with Crippen LogP contribution in [-0.2, 0) is 4.79 Å². The molecule has 0 aliphatic rings. The normalized spacial score (nSPS) is 10.2. The van der Waals surface area contributed by atoms with E-state index in [0.717, 1.165) is 44.7 Å². The lowest BCUT2D eigenvalue weighted by atomic mass is 10.1. The van der Waals surface area contributed by atoms with Gasteiger partial charge in [-0.2, -0.15) is 0 Å². The Kier molecular flexibility index (Phi) is 6.23. The van der Waals surface area contributed by atoms with E-state index in [-0.39, 0.29) is 23.8 Å². The van der Waals surface area contributed by atoms with Gasteiger partial charge in [0.15, 0.2) is 0 Å². The van der Waals surface area contributed by atoms with Crippen LogP contribution in [0.25, 0.3) is 21.9 Å². The average Bonchev–Trinajstić information content (AvgIpc) is 3.10. The molecule has 146 valence electrons. The number of H-pyrrole nitrogens is 1. The number of hydrogen-bond acceptors (Lipinski definition) is 4. The Hall–Kier alpha value is -3.16. The lowest BCUT2D eigenvalue weighted by molar-refractivity contribution is -0.116. The molecule has 0 bridgehead atoms. The highest BCUT2D eigenvalue weighted by Gasteiger charge is 2.11. The van der Waals surface area contributed by atoms with E-state index in [1.807, 2.05) is 49.4 Å². The Morgan fingerprint density at radius 3 is 2.46 bits per heavy atom. The highest BCUT2D eigenvalue weighted by molar-refractivity contribution is 6.10. The summed E-state index contributed by atoms with van der Waals surface area (Å²) in [5, 5.41) is 4.48. The van der Waals surface area contributed by atoms with Crippen LogP contribution in [0.4, 0.5) is 17.1 Å². The summed E-state index contributed by atoms with van der Waals surface area (Å²) in [4.78, 5) is 25.3. The van der Waals surface area contributed by atoms with E-state index < -0.39 is 0 Å². The van der Waals surface area contributed by atoms with E-state index in [4.69, 9.17) is 0 Å². The first kappa shape index (κ1) is 21.1. The number of anilines is 3. The summed E-state index contributed by atoms with van der Waals surface area (Å²) in [7, 11) is 1.76. The number of imidazole rings is 1. The molecule has 28 heavy (non-hydrogen) atoms. The Labute approximate surface area is 168 Å². The molecule has 0 atom stereocenters. The van der Waals surface area contributed by atoms with Crippen molar-refractivity contribution in [2.75, 3.05) is 17.3 Å². The molecule has 0 saturated heterocycles. The zero-order valence-corrected chi connectivity index (χ0v) is 16.6. The molecule has 4 aromatic rings. The largest absolute Gasteiger partial charge is 0.412 e. The van der Waals surface area contributed by atoms with Gasteiger partial charge in [-0.1, -0.05) is 0 Å². The van der Waals surface area contributed by atoms with E-state index in [0.29, 0.717) is 0 Å². The molecule has 0 radical (unpaired) electrons. The van der Waals surface area contributed by atoms with Crippen LogP contribution in [0.15, 0.2) is 48.8 Å². The van der Waals surface area contributed by atoms with Crippen molar-refractivity contribution in [3.05, 3.63) is 54.5 Å². The lowest BCUT2D eigenvalue weighted by Crippen LogP contribution is -2.22. The van der Waals surface area contributed by atoms with E-state index in [9.17, 15) is 4.79 Å². The Morgan fingerprint density at radius 2 is 1.79 bits per heavy atom. The van der Waals surface area contributed by atoms with Crippen LogP contribution in [0.5, 0.6) is 0 Å². The number of aromatic nitrogens is 3. The van der Waals surface area contributed by atoms with Gasteiger partial charge >= 0.3 is 0 Å². The quantitative estimate of drug-likeness (QED) is 0.547. The van der Waals surface area contributed by atoms with Gasteiger partial charge in [-0.25, -0.2) is 4.98 Å². The molecule has 1 amide bonds. The molecule has 4 rings (SSSR count). The number of halogens is 1. The summed E-state index contributed by atoms with van der Waals surface area (Å²) in [6.45, 7) is 3.53. The maximum Gasteiger partial charge on any atom is 0.223 e. The molecule has 4 N–H and O–H groups in total. The van der Waals surface area contributed by atoms with Gasteiger partial charge in [-0.3, -0.25) is 9.78 Å². The second kappa shape index (κ2) is 8.24. The molecular formula is C20H22ClN5O2. The number of nitrogens with one attached hydrogen (secondary N) is 2. The zero-order chi connectivity index (χ0) is 18.3. The molecule has 0 aliphatic carbocycles. The van der Waals surface area contributed by atoms with Crippen molar-refractivity contribution < 1.29 is 10.3 Å². The number of aryl methyl sites for hydroxylation is 1. The number of benzene rings is 2. The maximum atomic E-state index is 11.5. The fraction of sp³-hybridized carbons (Fsp3) is 0.150. The summed E-state index contributed by atoms with van der Waals surface area (Å²) < 4.78 is 0. The molecule has 0 saturated carbocycles. The fourth-order valence-electron chi connectivity index (χ4n) is 3.07. The third kappa shape index (κ3) is 3.76. The van der Waals surface area contributed by atoms with Crippen molar-refractivity contribution in [2.24, 2.45) is 0 Å². The van der Waals surface area contributed by atoms with Gasteiger partial charge in [0, 0.05) is 36.4 Å². The van der Waals surface area contributed by atoms with Crippen molar-refractivity contribution in [2.45, 2.75) is 13.8 Å². The molecule has 7 nitrogen and oxygen atoms in total. The Balaban J connectivity index is 0.00000140. The number of aromatic amines is 1. The predicted octanol–water partition coefficient (Wildman–Crippen LogP) is 3.74. The smallest absolute Gasteiger partial charge is 0.223 e. The molecule has 0 aliphatic heterocycles. The summed E-state index contributed by atoms with van der Waals surface area (Å²) in [5.41, 5.74) is 6.48. The van der Waals surface area contributed by atoms with Crippen LogP contribution < -0.4 is 10.2 Å². The van der Waals surface area contributed by atoms with Gasteiger partial charge in [0.1, 0.15) is 0 Å². The van der Waals surface area contributed by atoms with E-state index in [2.05, 4.69) is 20.3 Å². The number of pyridine rings is 1. The van der Waals surface area contributed by atoms with Crippen LogP contribution in [0.3, 0.4) is 0 Å². The molecule has 2 aromatic carbocycles. The van der Waals surface area contributed by atoms with Gasteiger partial charge < -0.3 is 20.7 Å². The first-order chi connectivity index (χ1) is 12.5. The molecule has 0 fully saturated rings. The SMILES string of the molecule is CC(=O)N(C)c1ccc(Nc2cc(C)nc3ccc4nc[nH]c4c23)cc1.Cl.O. The molecule has 0 unspecified atom stereocenters. The van der Waals surface area contributed by atoms with Crippen molar-refractivity contribution in [1.82, 2.24) is 15.0 Å². The van der Waals surface area contributed by atoms with Crippen LogP contribution in [0.1, 0.15) is 12.6 Å². The molecule has 0 spiro atoms. The van der Waals surface area contributed by atoms with Gasteiger partial charge in [0.2, 0.25) is 5.91 Å². The summed E-state index contributed by atoms with van der Waals surface area (Å²) >= 11 is 0. The first-order valence-corrected chi connectivity index (χ1v) is 8.38. The second-order valence-corrected chi connectivity index (χ2v) is 6.32. The van der Waals surface area contributed by atoms with Gasteiger partial charge in [-0.05, 0) is 49.4 Å². The average molecular weight is 400 g/mol. The fourth-order valence-corrected chi connectivity index (χ4v) is 3.07. The van der Waals surface area contributed by atoms with Crippen LogP contribution >= 0.6 is 12.4 Å². The molecular weight excluding hydrogens is 378 g/mol. The highest BCUT2D eigenvalue weighted by atomic mass is 35.5. The molecule has 2 heterocycles. The first-order valence-electron chi connectivity index (χ1n) is 8.38. The maximum absolute atomic E-state index is 11.5. The Bertz CT molecular complexity index is 1120. The third-order valence-electron chi connectivity index (χ3n) is 4.50. The van der Waals surface area contributed by atoms with Gasteiger partial charge in [0.05, 0.1) is 28.6 Å². The van der Waals surface area contributed by atoms with Crippen LogP contribution in [0.2, 0.25) is 0 Å². The van der Waals surface area contributed by atoms with Gasteiger partial charge in [0.25, 0.3) is 0 Å². The highest BCUT2D eigenvalue weighted by Crippen LogP contribution is 2.31. The molecule has 2 aromatic heterocycles. The zero-order valence-electron chi connectivity index (χ0n) is 15.8. The second-order valence-electron chi connectivity index (χ2n) is 6.32. The van der Waals surface area contributed by atoms with Gasteiger partial charge in [-0.15, -0.1) is 12.4 Å². The minimum atomic E-state index is 0. The van der Waals surface area contributed by atoms with Crippen molar-refractivity contribution in [1.29, 1.82) is 0 Å². The number of amides is 1. The monoisotopic (exact) mass is 399 g/mol. The molecule has 8 heteroatoms. The summed E-state index contributed by atoms with van der Waals surface area (Å²) in [5.74, 6) is 0.00287. The number of carbonyl (C=O) groups is 1. The summed E-state index contributed by atoms with van der Waals surface area (Å²) in [6.07, 6.45) is 1.69. The van der Waals surface area contributed by atoms with Crippen LogP contribution in [0, 0.1) is 6.92 Å². The lowest BCUT2D eigenvalue weighted by Gasteiger charge is -2.16. The number of carbonyl (C=O) groups excluding carboxylic acids is 1. The van der Waals surface area contributed by atoms with Crippen molar-refractivity contribution in [3.8, 4) is 0 Å². The minimum Gasteiger partial charge on any atom is -0.412 e. The minimum absolute atomic E-state index is 0.